The van der Waals surface area contributed by atoms with Gasteiger partial charge in [0, 0.05) is 18.9 Å². The number of hydrogen-bond donors (Lipinski definition) is 5. The summed E-state index contributed by atoms with van der Waals surface area (Å²) >= 11 is 0. The van der Waals surface area contributed by atoms with Gasteiger partial charge in [0.15, 0.2) is 0 Å². The van der Waals surface area contributed by atoms with E-state index in [1.165, 1.54) is 0 Å². The van der Waals surface area contributed by atoms with E-state index in [-0.39, 0.29) is 59.0 Å². The van der Waals surface area contributed by atoms with Crippen molar-refractivity contribution in [3.63, 3.8) is 0 Å². The first-order chi connectivity index (χ1) is 15.0. The third-order valence-electron chi connectivity index (χ3n) is 10.7. The highest BCUT2D eigenvalue weighted by atomic mass is 16.3. The normalized spacial score (nSPS) is 52.8. The van der Waals surface area contributed by atoms with Gasteiger partial charge >= 0.3 is 0 Å². The highest BCUT2D eigenvalue weighted by molar-refractivity contribution is 5.20. The molecule has 0 aromatic carbocycles. The highest BCUT2D eigenvalue weighted by Crippen LogP contribution is 2.69. The van der Waals surface area contributed by atoms with Gasteiger partial charge in [0.2, 0.25) is 0 Å². The fourth-order valence-electron chi connectivity index (χ4n) is 9.07. The molecule has 0 aliphatic heterocycles. The van der Waals surface area contributed by atoms with Crippen LogP contribution in [0.4, 0.5) is 0 Å². The van der Waals surface area contributed by atoms with Gasteiger partial charge in [-0.1, -0.05) is 39.8 Å². The van der Waals surface area contributed by atoms with Crippen LogP contribution in [0.5, 0.6) is 0 Å². The second-order valence-electron chi connectivity index (χ2n) is 12.6. The Kier molecular flexibility index (Phi) is 6.66. The van der Waals surface area contributed by atoms with Crippen LogP contribution in [-0.2, 0) is 0 Å². The Morgan fingerprint density at radius 3 is 2.34 bits per heavy atom. The summed E-state index contributed by atoms with van der Waals surface area (Å²) in [7, 11) is 0. The molecular weight excluding hydrogens is 404 g/mol. The minimum absolute atomic E-state index is 0.0191. The summed E-state index contributed by atoms with van der Waals surface area (Å²) in [6.45, 7) is 8.93. The van der Waals surface area contributed by atoms with Crippen molar-refractivity contribution in [3.8, 4) is 0 Å². The molecule has 5 N–H and O–H groups in total. The highest BCUT2D eigenvalue weighted by Gasteiger charge is 2.70. The largest absolute Gasteiger partial charge is 0.396 e. The van der Waals surface area contributed by atoms with E-state index in [1.807, 2.05) is 6.92 Å². The summed E-state index contributed by atoms with van der Waals surface area (Å²) in [4.78, 5) is 0. The summed E-state index contributed by atoms with van der Waals surface area (Å²) in [5, 5.41) is 54.3. The van der Waals surface area contributed by atoms with Gasteiger partial charge in [-0.15, -0.1) is 0 Å². The summed E-state index contributed by atoms with van der Waals surface area (Å²) in [6.07, 6.45) is 8.77. The summed E-state index contributed by atoms with van der Waals surface area (Å²) in [6, 6.07) is 0. The number of fused-ring (bicyclic) bond motifs is 5. The molecule has 4 aliphatic rings. The van der Waals surface area contributed by atoms with E-state index in [0.717, 1.165) is 32.1 Å². The topological polar surface area (TPSA) is 101 Å². The lowest BCUT2D eigenvalue weighted by Crippen LogP contribution is -2.68. The van der Waals surface area contributed by atoms with Gasteiger partial charge in [-0.2, -0.15) is 0 Å². The molecule has 0 amide bonds. The van der Waals surface area contributed by atoms with Gasteiger partial charge in [-0.3, -0.25) is 0 Å². The van der Waals surface area contributed by atoms with Crippen LogP contribution in [0.25, 0.3) is 0 Å². The van der Waals surface area contributed by atoms with Crippen molar-refractivity contribution in [2.75, 3.05) is 6.61 Å². The smallest absolute Gasteiger partial charge is 0.0763 e. The van der Waals surface area contributed by atoms with Crippen molar-refractivity contribution in [3.05, 3.63) is 12.2 Å². The van der Waals surface area contributed by atoms with E-state index in [9.17, 15) is 25.5 Å². The molecule has 12 atom stereocenters. The van der Waals surface area contributed by atoms with Gasteiger partial charge in [0.25, 0.3) is 0 Å². The molecule has 184 valence electrons. The van der Waals surface area contributed by atoms with Crippen LogP contribution in [0.1, 0.15) is 79.1 Å². The Balaban J connectivity index is 1.61. The number of rotatable bonds is 5. The van der Waals surface area contributed by atoms with E-state index in [4.69, 9.17) is 0 Å². The second kappa shape index (κ2) is 8.64. The molecule has 4 fully saturated rings. The van der Waals surface area contributed by atoms with E-state index >= 15 is 0 Å². The lowest BCUT2D eigenvalue weighted by molar-refractivity contribution is -0.263. The third-order valence-corrected chi connectivity index (χ3v) is 10.7. The summed E-state index contributed by atoms with van der Waals surface area (Å²) in [5.74, 6) is 0.657. The number of aliphatic hydroxyl groups is 5. The maximum atomic E-state index is 12.3. The maximum Gasteiger partial charge on any atom is 0.0763 e. The standard InChI is InChI=1S/C27H46O5/c1-16(15-28)6-5-7-17(2)19-13-21(30)24-26(19,4)11-9-23-25(3)10-8-18(29)12-20(25)22(31)14-27(23,24)32/h5,7,16-24,28-32H,6,8-15H2,1-4H3. The first kappa shape index (κ1) is 24.7. The van der Waals surface area contributed by atoms with Crippen LogP contribution in [0.2, 0.25) is 0 Å². The van der Waals surface area contributed by atoms with Crippen LogP contribution in [-0.4, -0.2) is 56.1 Å². The zero-order valence-electron chi connectivity index (χ0n) is 20.5. The summed E-state index contributed by atoms with van der Waals surface area (Å²) < 4.78 is 0. The molecule has 0 aromatic rings. The van der Waals surface area contributed by atoms with E-state index < -0.39 is 17.8 Å². The molecule has 0 heterocycles. The molecule has 12 unspecified atom stereocenters. The van der Waals surface area contributed by atoms with E-state index in [2.05, 4.69) is 32.9 Å². The predicted molar refractivity (Wildman–Crippen MR) is 125 cm³/mol. The Hall–Kier alpha value is -0.460. The molecule has 5 heteroatoms. The van der Waals surface area contributed by atoms with Crippen LogP contribution < -0.4 is 0 Å². The first-order valence-corrected chi connectivity index (χ1v) is 13.0. The lowest BCUT2D eigenvalue weighted by atomic mass is 9.42. The van der Waals surface area contributed by atoms with Crippen molar-refractivity contribution in [1.82, 2.24) is 0 Å². The minimum Gasteiger partial charge on any atom is -0.396 e. The van der Waals surface area contributed by atoms with Crippen molar-refractivity contribution in [2.45, 2.75) is 103 Å². The average molecular weight is 451 g/mol. The van der Waals surface area contributed by atoms with Crippen molar-refractivity contribution >= 4 is 0 Å². The zero-order chi connectivity index (χ0) is 23.5. The quantitative estimate of drug-likeness (QED) is 0.414. The number of hydrogen-bond acceptors (Lipinski definition) is 5. The molecular formula is C27H46O5. The molecule has 0 bridgehead atoms. The fraction of sp³-hybridized carbons (Fsp3) is 0.926. The average Bonchev–Trinajstić information content (AvgIpc) is 3.00. The predicted octanol–water partition coefficient (Wildman–Crippen LogP) is 3.27. The number of aliphatic hydroxyl groups excluding tert-OH is 4. The molecule has 4 saturated carbocycles. The van der Waals surface area contributed by atoms with Crippen LogP contribution in [0.3, 0.4) is 0 Å². The van der Waals surface area contributed by atoms with E-state index in [0.29, 0.717) is 19.3 Å². The SMILES string of the molecule is CC(CO)CC=CC(C)C1CC(O)C2C1(C)CCC1C3(C)CCC(O)CC3C(O)CC12O. The summed E-state index contributed by atoms with van der Waals surface area (Å²) in [5.41, 5.74) is -1.44. The van der Waals surface area contributed by atoms with Gasteiger partial charge in [0.05, 0.1) is 23.9 Å². The van der Waals surface area contributed by atoms with Gasteiger partial charge in [-0.25, -0.2) is 0 Å². The third kappa shape index (κ3) is 3.71. The van der Waals surface area contributed by atoms with Crippen molar-refractivity contribution in [1.29, 1.82) is 0 Å². The van der Waals surface area contributed by atoms with Crippen LogP contribution >= 0.6 is 0 Å². The zero-order valence-corrected chi connectivity index (χ0v) is 20.5. The molecule has 0 radical (unpaired) electrons. The Morgan fingerprint density at radius 1 is 0.969 bits per heavy atom. The van der Waals surface area contributed by atoms with Crippen molar-refractivity contribution < 1.29 is 25.5 Å². The monoisotopic (exact) mass is 450 g/mol. The number of allylic oxidation sites excluding steroid dienone is 2. The van der Waals surface area contributed by atoms with Gasteiger partial charge < -0.3 is 25.5 Å². The maximum absolute atomic E-state index is 12.3. The minimum atomic E-state index is -1.07. The van der Waals surface area contributed by atoms with Gasteiger partial charge in [-0.05, 0) is 85.4 Å². The fourth-order valence-corrected chi connectivity index (χ4v) is 9.07. The van der Waals surface area contributed by atoms with Crippen LogP contribution in [0, 0.1) is 46.3 Å². The molecule has 0 spiro atoms. The molecule has 0 saturated heterocycles. The molecule has 32 heavy (non-hydrogen) atoms. The second-order valence-corrected chi connectivity index (χ2v) is 12.6. The van der Waals surface area contributed by atoms with Crippen LogP contribution in [0.15, 0.2) is 12.2 Å². The lowest BCUT2D eigenvalue weighted by Gasteiger charge is -2.66. The Labute approximate surface area is 193 Å². The molecule has 0 aromatic heterocycles. The molecule has 4 rings (SSSR count). The van der Waals surface area contributed by atoms with Gasteiger partial charge in [0.1, 0.15) is 0 Å². The van der Waals surface area contributed by atoms with E-state index in [1.54, 1.807) is 0 Å². The molecule has 4 aliphatic carbocycles. The Morgan fingerprint density at radius 2 is 1.66 bits per heavy atom. The first-order valence-electron chi connectivity index (χ1n) is 13.0. The van der Waals surface area contributed by atoms with Crippen molar-refractivity contribution in [2.24, 2.45) is 46.3 Å². The Bertz CT molecular complexity index is 710. The molecule has 5 nitrogen and oxygen atoms in total.